The van der Waals surface area contributed by atoms with Gasteiger partial charge in [0.15, 0.2) is 0 Å². The first kappa shape index (κ1) is 18.5. The molecule has 1 aliphatic heterocycles. The first-order valence-electron chi connectivity index (χ1n) is 9.68. The van der Waals surface area contributed by atoms with E-state index in [2.05, 4.69) is 36.5 Å². The zero-order valence-corrected chi connectivity index (χ0v) is 15.2. The minimum Gasteiger partial charge on any atom is -0.377 e. The smallest absolute Gasteiger partial charge is 0.0836 e. The SMILES string of the molecule is CCCCCCCCc1ccc(C(C[C@@H]2CCCN2)OC)cc1. The zero-order chi connectivity index (χ0) is 16.3. The highest BCUT2D eigenvalue weighted by molar-refractivity contribution is 5.24. The van der Waals surface area contributed by atoms with Crippen LogP contribution >= 0.6 is 0 Å². The van der Waals surface area contributed by atoms with Gasteiger partial charge in [0.05, 0.1) is 6.10 Å². The Bertz CT molecular complexity index is 408. The van der Waals surface area contributed by atoms with Crippen LogP contribution in [0.5, 0.6) is 0 Å². The topological polar surface area (TPSA) is 21.3 Å². The van der Waals surface area contributed by atoms with Crippen molar-refractivity contribution < 1.29 is 4.74 Å². The monoisotopic (exact) mass is 317 g/mol. The molecule has 2 atom stereocenters. The molecule has 0 aromatic heterocycles. The predicted octanol–water partition coefficient (Wildman–Crippen LogP) is 5.42. The van der Waals surface area contributed by atoms with Gasteiger partial charge in [-0.15, -0.1) is 0 Å². The van der Waals surface area contributed by atoms with Crippen LogP contribution in [0, 0.1) is 0 Å². The van der Waals surface area contributed by atoms with Crippen molar-refractivity contribution in [3.8, 4) is 0 Å². The van der Waals surface area contributed by atoms with Gasteiger partial charge in [-0.1, -0.05) is 63.3 Å². The summed E-state index contributed by atoms with van der Waals surface area (Å²) in [6, 6.07) is 9.78. The highest BCUT2D eigenvalue weighted by Gasteiger charge is 2.20. The molecule has 1 aliphatic rings. The van der Waals surface area contributed by atoms with Crippen LogP contribution in [0.4, 0.5) is 0 Å². The van der Waals surface area contributed by atoms with Gasteiger partial charge in [0, 0.05) is 13.2 Å². The number of benzene rings is 1. The van der Waals surface area contributed by atoms with E-state index in [4.69, 9.17) is 4.74 Å². The average molecular weight is 318 g/mol. The molecule has 1 aromatic carbocycles. The molecule has 0 spiro atoms. The number of ether oxygens (including phenoxy) is 1. The van der Waals surface area contributed by atoms with Crippen molar-refractivity contribution >= 4 is 0 Å². The maximum absolute atomic E-state index is 5.73. The van der Waals surface area contributed by atoms with Gasteiger partial charge in [-0.3, -0.25) is 0 Å². The van der Waals surface area contributed by atoms with Gasteiger partial charge in [-0.05, 0) is 49.8 Å². The quantitative estimate of drug-likeness (QED) is 0.550. The summed E-state index contributed by atoms with van der Waals surface area (Å²) in [6.45, 7) is 3.44. The molecule has 0 aliphatic carbocycles. The Labute approximate surface area is 143 Å². The first-order valence-corrected chi connectivity index (χ1v) is 9.68. The molecule has 1 fully saturated rings. The van der Waals surface area contributed by atoms with Crippen molar-refractivity contribution in [3.05, 3.63) is 35.4 Å². The van der Waals surface area contributed by atoms with Gasteiger partial charge in [0.1, 0.15) is 0 Å². The molecule has 1 aromatic rings. The van der Waals surface area contributed by atoms with Crippen LogP contribution < -0.4 is 5.32 Å². The molecule has 130 valence electrons. The molecule has 2 nitrogen and oxygen atoms in total. The molecular weight excluding hydrogens is 282 g/mol. The lowest BCUT2D eigenvalue weighted by molar-refractivity contribution is 0.0874. The van der Waals surface area contributed by atoms with Crippen molar-refractivity contribution in [1.82, 2.24) is 5.32 Å². The summed E-state index contributed by atoms with van der Waals surface area (Å²) in [5.41, 5.74) is 2.80. The van der Waals surface area contributed by atoms with E-state index in [0.29, 0.717) is 6.04 Å². The van der Waals surface area contributed by atoms with Crippen molar-refractivity contribution in [2.75, 3.05) is 13.7 Å². The van der Waals surface area contributed by atoms with Crippen molar-refractivity contribution in [3.63, 3.8) is 0 Å². The average Bonchev–Trinajstić information content (AvgIpc) is 3.10. The fraction of sp³-hybridized carbons (Fsp3) is 0.714. The van der Waals surface area contributed by atoms with Crippen molar-refractivity contribution in [2.45, 2.75) is 83.3 Å². The largest absolute Gasteiger partial charge is 0.377 e. The lowest BCUT2D eigenvalue weighted by Crippen LogP contribution is -2.24. The fourth-order valence-electron chi connectivity index (χ4n) is 3.59. The molecule has 0 radical (unpaired) electrons. The first-order chi connectivity index (χ1) is 11.3. The number of unbranched alkanes of at least 4 members (excludes halogenated alkanes) is 5. The normalized spacial score (nSPS) is 19.1. The van der Waals surface area contributed by atoms with Gasteiger partial charge in [-0.2, -0.15) is 0 Å². The number of nitrogens with one attached hydrogen (secondary N) is 1. The maximum Gasteiger partial charge on any atom is 0.0836 e. The number of methoxy groups -OCH3 is 1. The molecule has 0 bridgehead atoms. The van der Waals surface area contributed by atoms with Gasteiger partial charge in [0.25, 0.3) is 0 Å². The molecule has 0 amide bonds. The van der Waals surface area contributed by atoms with Crippen LogP contribution in [-0.2, 0) is 11.2 Å². The van der Waals surface area contributed by atoms with Crippen LogP contribution in [-0.4, -0.2) is 19.7 Å². The summed E-state index contributed by atoms with van der Waals surface area (Å²) in [4.78, 5) is 0. The molecular formula is C21H35NO. The fourth-order valence-corrected chi connectivity index (χ4v) is 3.59. The van der Waals surface area contributed by atoms with E-state index in [1.54, 1.807) is 0 Å². The number of hydrogen-bond donors (Lipinski definition) is 1. The number of hydrogen-bond acceptors (Lipinski definition) is 2. The van der Waals surface area contributed by atoms with Crippen LogP contribution in [0.1, 0.15) is 81.9 Å². The summed E-state index contributed by atoms with van der Waals surface area (Å²) in [5.74, 6) is 0. The van der Waals surface area contributed by atoms with Crippen molar-refractivity contribution in [2.24, 2.45) is 0 Å². The Kier molecular flexibility index (Phi) is 8.70. The molecule has 1 saturated heterocycles. The second-order valence-electron chi connectivity index (χ2n) is 7.01. The minimum absolute atomic E-state index is 0.230. The minimum atomic E-state index is 0.230. The zero-order valence-electron chi connectivity index (χ0n) is 15.2. The van der Waals surface area contributed by atoms with E-state index in [9.17, 15) is 0 Å². The Morgan fingerprint density at radius 2 is 1.83 bits per heavy atom. The second kappa shape index (κ2) is 10.8. The van der Waals surface area contributed by atoms with Crippen LogP contribution in [0.2, 0.25) is 0 Å². The lowest BCUT2D eigenvalue weighted by atomic mass is 9.98. The third-order valence-electron chi connectivity index (χ3n) is 5.12. The van der Waals surface area contributed by atoms with Crippen LogP contribution in [0.25, 0.3) is 0 Å². The molecule has 1 unspecified atom stereocenters. The van der Waals surface area contributed by atoms with E-state index >= 15 is 0 Å². The highest BCUT2D eigenvalue weighted by Crippen LogP contribution is 2.25. The Hall–Kier alpha value is -0.860. The molecule has 0 saturated carbocycles. The summed E-state index contributed by atoms with van der Waals surface area (Å²) >= 11 is 0. The molecule has 2 rings (SSSR count). The van der Waals surface area contributed by atoms with E-state index in [1.807, 2.05) is 7.11 Å². The van der Waals surface area contributed by atoms with Crippen molar-refractivity contribution in [1.29, 1.82) is 0 Å². The Morgan fingerprint density at radius 3 is 2.48 bits per heavy atom. The summed E-state index contributed by atoms with van der Waals surface area (Å²) in [7, 11) is 1.84. The van der Waals surface area contributed by atoms with E-state index < -0.39 is 0 Å². The molecule has 23 heavy (non-hydrogen) atoms. The lowest BCUT2D eigenvalue weighted by Gasteiger charge is -2.20. The Balaban J connectivity index is 1.73. The molecule has 1 N–H and O–H groups in total. The summed E-state index contributed by atoms with van der Waals surface area (Å²) in [5, 5.41) is 3.57. The van der Waals surface area contributed by atoms with Crippen LogP contribution in [0.15, 0.2) is 24.3 Å². The third-order valence-corrected chi connectivity index (χ3v) is 5.12. The van der Waals surface area contributed by atoms with E-state index in [1.165, 1.54) is 68.9 Å². The number of aryl methyl sites for hydroxylation is 1. The summed E-state index contributed by atoms with van der Waals surface area (Å²) < 4.78 is 5.73. The van der Waals surface area contributed by atoms with Gasteiger partial charge < -0.3 is 10.1 Å². The van der Waals surface area contributed by atoms with Crippen LogP contribution in [0.3, 0.4) is 0 Å². The van der Waals surface area contributed by atoms with Gasteiger partial charge >= 0.3 is 0 Å². The predicted molar refractivity (Wildman–Crippen MR) is 98.9 cm³/mol. The van der Waals surface area contributed by atoms with Gasteiger partial charge in [0.2, 0.25) is 0 Å². The maximum atomic E-state index is 5.73. The molecule has 2 heteroatoms. The number of rotatable bonds is 11. The molecule has 1 heterocycles. The van der Waals surface area contributed by atoms with E-state index in [-0.39, 0.29) is 6.10 Å². The second-order valence-corrected chi connectivity index (χ2v) is 7.01. The summed E-state index contributed by atoms with van der Waals surface area (Å²) in [6.07, 6.45) is 13.3. The third kappa shape index (κ3) is 6.64. The van der Waals surface area contributed by atoms with E-state index in [0.717, 1.165) is 13.0 Å². The Morgan fingerprint density at radius 1 is 1.09 bits per heavy atom. The van der Waals surface area contributed by atoms with Gasteiger partial charge in [-0.25, -0.2) is 0 Å². The highest BCUT2D eigenvalue weighted by atomic mass is 16.5. The standard InChI is InChI=1S/C21H35NO/c1-3-4-5-6-7-8-10-18-12-14-19(15-13-18)21(23-2)17-20-11-9-16-22-20/h12-15,20-22H,3-11,16-17H2,1-2H3/t20-,21?/m0/s1.